The summed E-state index contributed by atoms with van der Waals surface area (Å²) < 4.78 is 11.7. The summed E-state index contributed by atoms with van der Waals surface area (Å²) in [5.74, 6) is 1.28. The molecule has 5 nitrogen and oxygen atoms in total. The number of likely N-dealkylation sites (N-methyl/N-ethyl adjacent to an activating group) is 1. The van der Waals surface area contributed by atoms with Crippen molar-refractivity contribution in [1.29, 1.82) is 0 Å². The summed E-state index contributed by atoms with van der Waals surface area (Å²) in [7, 11) is 2.07. The molecule has 1 amide bonds. The maximum atomic E-state index is 12.9. The van der Waals surface area contributed by atoms with E-state index in [9.17, 15) is 4.79 Å². The van der Waals surface area contributed by atoms with E-state index in [1.165, 1.54) is 0 Å². The highest BCUT2D eigenvalue weighted by molar-refractivity contribution is 6.07. The van der Waals surface area contributed by atoms with Gasteiger partial charge in [-0.25, -0.2) is 0 Å². The van der Waals surface area contributed by atoms with E-state index in [0.717, 1.165) is 36.2 Å². The lowest BCUT2D eigenvalue weighted by atomic mass is 10.1. The Morgan fingerprint density at radius 1 is 1.26 bits per heavy atom. The molecule has 1 saturated heterocycles. The van der Waals surface area contributed by atoms with Crippen molar-refractivity contribution in [3.8, 4) is 5.75 Å². The number of hydrogen-bond acceptors (Lipinski definition) is 4. The minimum absolute atomic E-state index is 0.0771. The second kappa shape index (κ2) is 7.45. The first-order valence-corrected chi connectivity index (χ1v) is 9.29. The monoisotopic (exact) mass is 364 g/mol. The van der Waals surface area contributed by atoms with Gasteiger partial charge in [0.05, 0.1) is 5.56 Å². The normalized spacial score (nSPS) is 17.3. The number of carbonyl (C=O) groups excluding carboxylic acids is 1. The Bertz CT molecular complexity index is 949. The Morgan fingerprint density at radius 3 is 2.81 bits per heavy atom. The largest absolute Gasteiger partial charge is 0.489 e. The molecule has 27 heavy (non-hydrogen) atoms. The molecular weight excluding hydrogens is 340 g/mol. The van der Waals surface area contributed by atoms with Crippen LogP contribution in [0.25, 0.3) is 11.0 Å². The lowest BCUT2D eigenvalue weighted by molar-refractivity contribution is 0.0938. The molecule has 1 aliphatic rings. The second-order valence-electron chi connectivity index (χ2n) is 7.19. The van der Waals surface area contributed by atoms with E-state index >= 15 is 0 Å². The third kappa shape index (κ3) is 3.83. The van der Waals surface area contributed by atoms with Crippen molar-refractivity contribution in [2.24, 2.45) is 0 Å². The van der Waals surface area contributed by atoms with Crippen molar-refractivity contribution in [2.75, 3.05) is 20.1 Å². The van der Waals surface area contributed by atoms with Crippen LogP contribution in [0.5, 0.6) is 5.75 Å². The van der Waals surface area contributed by atoms with Crippen molar-refractivity contribution in [3.63, 3.8) is 0 Å². The number of likely N-dealkylation sites (tertiary alicyclic amines) is 1. The number of nitrogens with one attached hydrogen (secondary N) is 1. The number of benzene rings is 2. The van der Waals surface area contributed by atoms with Gasteiger partial charge in [-0.2, -0.15) is 0 Å². The second-order valence-corrected chi connectivity index (χ2v) is 7.19. The van der Waals surface area contributed by atoms with E-state index < -0.39 is 0 Å². The van der Waals surface area contributed by atoms with Crippen molar-refractivity contribution < 1.29 is 13.9 Å². The van der Waals surface area contributed by atoms with Gasteiger partial charge in [0.25, 0.3) is 5.91 Å². The molecule has 0 saturated carbocycles. The van der Waals surface area contributed by atoms with Gasteiger partial charge in [0.15, 0.2) is 0 Å². The summed E-state index contributed by atoms with van der Waals surface area (Å²) in [6.45, 7) is 4.21. The van der Waals surface area contributed by atoms with Crippen molar-refractivity contribution in [3.05, 3.63) is 65.4 Å². The van der Waals surface area contributed by atoms with E-state index in [1.807, 2.05) is 55.5 Å². The summed E-state index contributed by atoms with van der Waals surface area (Å²) in [6.07, 6.45) is 0.975. The first-order valence-electron chi connectivity index (χ1n) is 9.29. The minimum Gasteiger partial charge on any atom is -0.489 e. The number of fused-ring (bicyclic) bond motifs is 1. The molecule has 0 unspecified atom stereocenters. The topological polar surface area (TPSA) is 54.7 Å². The van der Waals surface area contributed by atoms with Crippen LogP contribution in [-0.4, -0.2) is 37.0 Å². The first kappa shape index (κ1) is 17.6. The number of rotatable bonds is 5. The summed E-state index contributed by atoms with van der Waals surface area (Å²) in [5, 5.41) is 3.93. The molecule has 1 aromatic heterocycles. The Hall–Kier alpha value is -2.79. The number of hydrogen-bond donors (Lipinski definition) is 1. The fraction of sp³-hybridized carbons (Fsp3) is 0.318. The highest BCUT2D eigenvalue weighted by Gasteiger charge is 2.25. The van der Waals surface area contributed by atoms with Gasteiger partial charge < -0.3 is 19.4 Å². The molecule has 0 spiro atoms. The molecule has 1 atom stereocenters. The average Bonchev–Trinajstić information content (AvgIpc) is 3.22. The van der Waals surface area contributed by atoms with Gasteiger partial charge >= 0.3 is 0 Å². The Labute approximate surface area is 158 Å². The zero-order valence-electron chi connectivity index (χ0n) is 15.7. The molecule has 2 aromatic carbocycles. The molecule has 2 heterocycles. The van der Waals surface area contributed by atoms with Crippen LogP contribution in [0.3, 0.4) is 0 Å². The van der Waals surface area contributed by atoms with Gasteiger partial charge in [-0.05, 0) is 50.7 Å². The predicted octanol–water partition coefficient (Wildman–Crippen LogP) is 3.75. The molecule has 3 aromatic rings. The molecule has 0 radical (unpaired) electrons. The average molecular weight is 364 g/mol. The standard InChI is InChI=1S/C22H24N2O3/c1-15-21(22(25)23-17-10-11-24(2)13-17)19-12-18(8-9-20(19)27-15)26-14-16-6-4-3-5-7-16/h3-9,12,17H,10-11,13-14H2,1-2H3,(H,23,25)/t17-/m1/s1. The summed E-state index contributed by atoms with van der Waals surface area (Å²) in [5.41, 5.74) is 2.40. The zero-order valence-corrected chi connectivity index (χ0v) is 15.7. The van der Waals surface area contributed by atoms with E-state index in [1.54, 1.807) is 0 Å². The number of furan rings is 1. The van der Waals surface area contributed by atoms with Crippen LogP contribution in [0.1, 0.15) is 28.1 Å². The van der Waals surface area contributed by atoms with Gasteiger partial charge in [0, 0.05) is 18.0 Å². The van der Waals surface area contributed by atoms with Crippen molar-refractivity contribution >= 4 is 16.9 Å². The van der Waals surface area contributed by atoms with Crippen LogP contribution in [-0.2, 0) is 6.61 Å². The third-order valence-electron chi connectivity index (χ3n) is 5.04. The molecule has 0 aliphatic carbocycles. The smallest absolute Gasteiger partial charge is 0.255 e. The van der Waals surface area contributed by atoms with E-state index in [2.05, 4.69) is 17.3 Å². The third-order valence-corrected chi connectivity index (χ3v) is 5.04. The predicted molar refractivity (Wildman–Crippen MR) is 105 cm³/mol. The van der Waals surface area contributed by atoms with E-state index in [-0.39, 0.29) is 11.9 Å². The maximum absolute atomic E-state index is 12.9. The zero-order chi connectivity index (χ0) is 18.8. The fourth-order valence-corrected chi connectivity index (χ4v) is 3.62. The lowest BCUT2D eigenvalue weighted by Gasteiger charge is -2.12. The molecule has 4 rings (SSSR count). The molecule has 5 heteroatoms. The number of amides is 1. The SMILES string of the molecule is Cc1oc2ccc(OCc3ccccc3)cc2c1C(=O)N[C@@H]1CCN(C)C1. The van der Waals surface area contributed by atoms with Gasteiger partial charge in [-0.1, -0.05) is 30.3 Å². The number of ether oxygens (including phenoxy) is 1. The fourth-order valence-electron chi connectivity index (χ4n) is 3.62. The van der Waals surface area contributed by atoms with Crippen LogP contribution in [0, 0.1) is 6.92 Å². The van der Waals surface area contributed by atoms with Crippen LogP contribution in [0.2, 0.25) is 0 Å². The number of carbonyl (C=O) groups is 1. The van der Waals surface area contributed by atoms with Gasteiger partial charge in [0.2, 0.25) is 0 Å². The van der Waals surface area contributed by atoms with Gasteiger partial charge in [-0.15, -0.1) is 0 Å². The summed E-state index contributed by atoms with van der Waals surface area (Å²) >= 11 is 0. The summed E-state index contributed by atoms with van der Waals surface area (Å²) in [4.78, 5) is 15.1. The van der Waals surface area contributed by atoms with Crippen LogP contribution in [0.4, 0.5) is 0 Å². The Balaban J connectivity index is 1.55. The highest BCUT2D eigenvalue weighted by atomic mass is 16.5. The number of aryl methyl sites for hydroxylation is 1. The van der Waals surface area contributed by atoms with E-state index in [0.29, 0.717) is 23.5 Å². The van der Waals surface area contributed by atoms with Crippen LogP contribution >= 0.6 is 0 Å². The number of nitrogens with zero attached hydrogens (tertiary/aromatic N) is 1. The molecule has 0 bridgehead atoms. The molecule has 140 valence electrons. The van der Waals surface area contributed by atoms with Crippen molar-refractivity contribution in [1.82, 2.24) is 10.2 Å². The van der Waals surface area contributed by atoms with E-state index in [4.69, 9.17) is 9.15 Å². The molecule has 1 aliphatic heterocycles. The molecule has 1 N–H and O–H groups in total. The van der Waals surface area contributed by atoms with Crippen molar-refractivity contribution in [2.45, 2.75) is 26.0 Å². The lowest BCUT2D eigenvalue weighted by Crippen LogP contribution is -2.36. The van der Waals surface area contributed by atoms with Gasteiger partial charge in [0.1, 0.15) is 23.7 Å². The Morgan fingerprint density at radius 2 is 2.07 bits per heavy atom. The van der Waals surface area contributed by atoms with Crippen LogP contribution in [0.15, 0.2) is 52.9 Å². The molecule has 1 fully saturated rings. The molecular formula is C22H24N2O3. The summed E-state index contributed by atoms with van der Waals surface area (Å²) in [6, 6.07) is 15.8. The quantitative estimate of drug-likeness (QED) is 0.749. The Kier molecular flexibility index (Phi) is 4.86. The van der Waals surface area contributed by atoms with Crippen LogP contribution < -0.4 is 10.1 Å². The van der Waals surface area contributed by atoms with Gasteiger partial charge in [-0.3, -0.25) is 4.79 Å². The highest BCUT2D eigenvalue weighted by Crippen LogP contribution is 2.29. The minimum atomic E-state index is -0.0771. The maximum Gasteiger partial charge on any atom is 0.255 e. The first-order chi connectivity index (χ1) is 13.1.